The summed E-state index contributed by atoms with van der Waals surface area (Å²) in [4.78, 5) is 0.116. The molecule has 0 bridgehead atoms. The van der Waals surface area contributed by atoms with Crippen molar-refractivity contribution in [2.24, 2.45) is 0 Å². The van der Waals surface area contributed by atoms with Crippen LogP contribution in [0.2, 0.25) is 0 Å². The molecule has 0 saturated heterocycles. The van der Waals surface area contributed by atoms with Crippen molar-refractivity contribution in [3.05, 3.63) is 29.8 Å². The Hall–Kier alpha value is -1.13. The Labute approximate surface area is 120 Å². The van der Waals surface area contributed by atoms with Gasteiger partial charge in [-0.1, -0.05) is 13.0 Å². The van der Waals surface area contributed by atoms with Crippen molar-refractivity contribution in [3.63, 3.8) is 0 Å². The second-order valence-electron chi connectivity index (χ2n) is 3.95. The summed E-state index contributed by atoms with van der Waals surface area (Å²) in [6, 6.07) is 7.94. The quantitative estimate of drug-likeness (QED) is 0.829. The Morgan fingerprint density at radius 1 is 1.42 bits per heavy atom. The van der Waals surface area contributed by atoms with Crippen LogP contribution < -0.4 is 10.0 Å². The summed E-state index contributed by atoms with van der Waals surface area (Å²) in [6.07, 6.45) is 0. The fourth-order valence-corrected chi connectivity index (χ4v) is 2.65. The van der Waals surface area contributed by atoms with E-state index in [4.69, 9.17) is 5.26 Å². The van der Waals surface area contributed by atoms with Gasteiger partial charge in [-0.15, -0.1) is 12.4 Å². The maximum absolute atomic E-state index is 12.0. The largest absolute Gasteiger partial charge is 0.313 e. The van der Waals surface area contributed by atoms with Crippen LogP contribution in [0.1, 0.15) is 19.4 Å². The van der Waals surface area contributed by atoms with Gasteiger partial charge in [-0.3, -0.25) is 0 Å². The van der Waals surface area contributed by atoms with Crippen molar-refractivity contribution in [3.8, 4) is 6.07 Å². The topological polar surface area (TPSA) is 82.0 Å². The standard InChI is InChI=1S/C12H17N3O2S.ClH/c1-3-14-10(2)9-15-18(16,17)12-6-4-5-11(7-12)8-13;/h4-7,10,14-15H,3,9H2,1-2H3;1H/t10-;/m1./s1. The molecule has 0 unspecified atom stereocenters. The highest BCUT2D eigenvalue weighted by molar-refractivity contribution is 7.89. The molecular weight excluding hydrogens is 286 g/mol. The fourth-order valence-electron chi connectivity index (χ4n) is 1.47. The summed E-state index contributed by atoms with van der Waals surface area (Å²) in [5.41, 5.74) is 0.331. The van der Waals surface area contributed by atoms with Crippen LogP contribution in [0.5, 0.6) is 0 Å². The van der Waals surface area contributed by atoms with Crippen molar-refractivity contribution in [2.75, 3.05) is 13.1 Å². The highest BCUT2D eigenvalue weighted by Crippen LogP contribution is 2.10. The Kier molecular flexibility index (Phi) is 7.64. The van der Waals surface area contributed by atoms with Crippen LogP contribution in [0.4, 0.5) is 0 Å². The van der Waals surface area contributed by atoms with Crippen LogP contribution in [0.3, 0.4) is 0 Å². The first kappa shape index (κ1) is 17.9. The minimum Gasteiger partial charge on any atom is -0.313 e. The highest BCUT2D eigenvalue weighted by Gasteiger charge is 2.15. The fraction of sp³-hybridized carbons (Fsp3) is 0.417. The van der Waals surface area contributed by atoms with E-state index in [-0.39, 0.29) is 23.3 Å². The molecule has 0 aliphatic carbocycles. The molecule has 19 heavy (non-hydrogen) atoms. The molecule has 0 aromatic heterocycles. The first-order valence-corrected chi connectivity index (χ1v) is 7.21. The van der Waals surface area contributed by atoms with Crippen LogP contribution in [0.15, 0.2) is 29.2 Å². The average Bonchev–Trinajstić information content (AvgIpc) is 2.37. The van der Waals surface area contributed by atoms with E-state index in [0.717, 1.165) is 6.54 Å². The van der Waals surface area contributed by atoms with Crippen molar-refractivity contribution in [1.82, 2.24) is 10.0 Å². The summed E-state index contributed by atoms with van der Waals surface area (Å²) in [7, 11) is -3.55. The number of hydrogen-bond donors (Lipinski definition) is 2. The van der Waals surface area contributed by atoms with Crippen LogP contribution in [0.25, 0.3) is 0 Å². The summed E-state index contributed by atoms with van der Waals surface area (Å²) in [5, 5.41) is 11.9. The van der Waals surface area contributed by atoms with Crippen molar-refractivity contribution < 1.29 is 8.42 Å². The molecule has 2 N–H and O–H groups in total. The van der Waals surface area contributed by atoms with Gasteiger partial charge in [-0.2, -0.15) is 5.26 Å². The number of sulfonamides is 1. The van der Waals surface area contributed by atoms with Gasteiger partial charge in [0.05, 0.1) is 16.5 Å². The van der Waals surface area contributed by atoms with Gasteiger partial charge >= 0.3 is 0 Å². The summed E-state index contributed by atoms with van der Waals surface area (Å²) >= 11 is 0. The van der Waals surface area contributed by atoms with E-state index in [0.29, 0.717) is 12.1 Å². The Bertz CT molecular complexity index is 540. The van der Waals surface area contributed by atoms with Gasteiger partial charge in [0.1, 0.15) is 0 Å². The molecule has 0 fully saturated rings. The number of halogens is 1. The Morgan fingerprint density at radius 2 is 2.11 bits per heavy atom. The van der Waals surface area contributed by atoms with E-state index >= 15 is 0 Å². The van der Waals surface area contributed by atoms with E-state index in [2.05, 4.69) is 10.0 Å². The predicted molar refractivity (Wildman–Crippen MR) is 76.7 cm³/mol. The molecule has 7 heteroatoms. The van der Waals surface area contributed by atoms with E-state index in [1.807, 2.05) is 19.9 Å². The van der Waals surface area contributed by atoms with E-state index in [9.17, 15) is 8.42 Å². The van der Waals surface area contributed by atoms with Crippen molar-refractivity contribution in [2.45, 2.75) is 24.8 Å². The summed E-state index contributed by atoms with van der Waals surface area (Å²) in [5.74, 6) is 0. The molecule has 0 heterocycles. The Balaban J connectivity index is 0.00000324. The summed E-state index contributed by atoms with van der Waals surface area (Å²) in [6.45, 7) is 4.96. The van der Waals surface area contributed by atoms with Gasteiger partial charge in [0.25, 0.3) is 0 Å². The van der Waals surface area contributed by atoms with Gasteiger partial charge in [0.2, 0.25) is 10.0 Å². The second kappa shape index (κ2) is 8.12. The number of nitriles is 1. The summed E-state index contributed by atoms with van der Waals surface area (Å²) < 4.78 is 26.4. The number of nitrogens with zero attached hydrogens (tertiary/aromatic N) is 1. The average molecular weight is 304 g/mol. The molecule has 0 amide bonds. The lowest BCUT2D eigenvalue weighted by Crippen LogP contribution is -2.38. The van der Waals surface area contributed by atoms with Gasteiger partial charge in [0, 0.05) is 12.6 Å². The SMILES string of the molecule is CCN[C@H](C)CNS(=O)(=O)c1cccc(C#N)c1.Cl. The molecule has 5 nitrogen and oxygen atoms in total. The normalized spacial score (nSPS) is 12.3. The highest BCUT2D eigenvalue weighted by atomic mass is 35.5. The molecule has 1 atom stereocenters. The van der Waals surface area contributed by atoms with E-state index < -0.39 is 10.0 Å². The number of nitrogens with one attached hydrogen (secondary N) is 2. The van der Waals surface area contributed by atoms with Gasteiger partial charge < -0.3 is 5.32 Å². The van der Waals surface area contributed by atoms with Crippen LogP contribution in [-0.4, -0.2) is 27.5 Å². The molecule has 0 aliphatic heterocycles. The second-order valence-corrected chi connectivity index (χ2v) is 5.72. The molecule has 0 aliphatic rings. The third-order valence-corrected chi connectivity index (χ3v) is 3.83. The minimum absolute atomic E-state index is 0. The van der Waals surface area contributed by atoms with Crippen molar-refractivity contribution >= 4 is 22.4 Å². The zero-order valence-corrected chi connectivity index (χ0v) is 12.5. The molecule has 0 radical (unpaired) electrons. The van der Waals surface area contributed by atoms with E-state index in [1.165, 1.54) is 12.1 Å². The minimum atomic E-state index is -3.55. The number of hydrogen-bond acceptors (Lipinski definition) is 4. The predicted octanol–water partition coefficient (Wildman–Crippen LogP) is 1.26. The maximum Gasteiger partial charge on any atom is 0.240 e. The van der Waals surface area contributed by atoms with Crippen LogP contribution in [-0.2, 0) is 10.0 Å². The molecule has 0 spiro atoms. The molecule has 0 saturated carbocycles. The van der Waals surface area contributed by atoms with Gasteiger partial charge in [-0.25, -0.2) is 13.1 Å². The number of rotatable bonds is 6. The van der Waals surface area contributed by atoms with Crippen LogP contribution in [0, 0.1) is 11.3 Å². The van der Waals surface area contributed by atoms with Crippen LogP contribution >= 0.6 is 12.4 Å². The maximum atomic E-state index is 12.0. The molecule has 1 rings (SSSR count). The molecule has 1 aromatic rings. The monoisotopic (exact) mass is 303 g/mol. The number of benzene rings is 1. The third kappa shape index (κ3) is 5.57. The third-order valence-electron chi connectivity index (χ3n) is 2.41. The van der Waals surface area contributed by atoms with Gasteiger partial charge in [0.15, 0.2) is 0 Å². The van der Waals surface area contributed by atoms with Gasteiger partial charge in [-0.05, 0) is 31.7 Å². The Morgan fingerprint density at radius 3 is 2.68 bits per heavy atom. The molecule has 106 valence electrons. The van der Waals surface area contributed by atoms with Crippen molar-refractivity contribution in [1.29, 1.82) is 5.26 Å². The van der Waals surface area contributed by atoms with E-state index in [1.54, 1.807) is 12.1 Å². The molecular formula is C12H18ClN3O2S. The zero-order valence-electron chi connectivity index (χ0n) is 10.9. The first-order valence-electron chi connectivity index (χ1n) is 5.73. The lowest BCUT2D eigenvalue weighted by Gasteiger charge is -2.13. The lowest BCUT2D eigenvalue weighted by atomic mass is 10.2. The smallest absolute Gasteiger partial charge is 0.240 e. The first-order chi connectivity index (χ1) is 8.49. The zero-order chi connectivity index (χ0) is 13.6. The molecule has 1 aromatic carbocycles. The number of likely N-dealkylation sites (N-methyl/N-ethyl adjacent to an activating group) is 1. The lowest BCUT2D eigenvalue weighted by molar-refractivity contribution is 0.536.